The van der Waals surface area contributed by atoms with E-state index in [4.69, 9.17) is 27.9 Å². The van der Waals surface area contributed by atoms with Crippen LogP contribution in [0.3, 0.4) is 0 Å². The SMILES string of the molecule is CCNC(=O)c1nn(C)c(Oc2cc(O)c(Cl)cc2Cl)c1C. The quantitative estimate of drug-likeness (QED) is 0.892. The summed E-state index contributed by atoms with van der Waals surface area (Å²) in [6, 6.07) is 2.69. The number of aromatic hydroxyl groups is 1. The molecule has 2 rings (SSSR count). The van der Waals surface area contributed by atoms with Crippen molar-refractivity contribution in [2.45, 2.75) is 13.8 Å². The normalized spacial score (nSPS) is 10.6. The highest BCUT2D eigenvalue weighted by Gasteiger charge is 2.21. The molecule has 2 N–H and O–H groups in total. The fourth-order valence-electron chi connectivity index (χ4n) is 1.92. The first-order chi connectivity index (χ1) is 10.3. The zero-order chi connectivity index (χ0) is 16.4. The van der Waals surface area contributed by atoms with Gasteiger partial charge in [0.25, 0.3) is 5.91 Å². The Morgan fingerprint density at radius 3 is 2.73 bits per heavy atom. The fourth-order valence-corrected chi connectivity index (χ4v) is 2.34. The average Bonchev–Trinajstić information content (AvgIpc) is 2.73. The topological polar surface area (TPSA) is 76.4 Å². The van der Waals surface area contributed by atoms with Crippen LogP contribution in [0.25, 0.3) is 0 Å². The monoisotopic (exact) mass is 343 g/mol. The molecular weight excluding hydrogens is 329 g/mol. The highest BCUT2D eigenvalue weighted by Crippen LogP contribution is 2.38. The molecule has 0 unspecified atom stereocenters. The Hall–Kier alpha value is -1.92. The Balaban J connectivity index is 2.39. The molecule has 0 bridgehead atoms. The summed E-state index contributed by atoms with van der Waals surface area (Å²) in [4.78, 5) is 11.9. The van der Waals surface area contributed by atoms with Crippen molar-refractivity contribution >= 4 is 29.1 Å². The molecule has 0 saturated carbocycles. The van der Waals surface area contributed by atoms with Crippen molar-refractivity contribution in [2.75, 3.05) is 6.54 Å². The molecule has 0 radical (unpaired) electrons. The number of hydrogen-bond acceptors (Lipinski definition) is 4. The van der Waals surface area contributed by atoms with Crippen LogP contribution in [0.1, 0.15) is 23.0 Å². The first-order valence-corrected chi connectivity index (χ1v) is 7.28. The molecule has 8 heteroatoms. The van der Waals surface area contributed by atoms with Crippen molar-refractivity contribution in [3.05, 3.63) is 33.4 Å². The molecule has 0 aliphatic heterocycles. The fraction of sp³-hybridized carbons (Fsp3) is 0.286. The molecule has 0 atom stereocenters. The van der Waals surface area contributed by atoms with E-state index in [0.29, 0.717) is 18.0 Å². The summed E-state index contributed by atoms with van der Waals surface area (Å²) in [5.41, 5.74) is 0.840. The minimum Gasteiger partial charge on any atom is -0.506 e. The van der Waals surface area contributed by atoms with Gasteiger partial charge in [0, 0.05) is 25.2 Å². The van der Waals surface area contributed by atoms with Crippen LogP contribution in [0.5, 0.6) is 17.4 Å². The van der Waals surface area contributed by atoms with Crippen LogP contribution in [0.15, 0.2) is 12.1 Å². The minimum absolute atomic E-state index is 0.127. The lowest BCUT2D eigenvalue weighted by atomic mass is 10.2. The van der Waals surface area contributed by atoms with Crippen molar-refractivity contribution in [1.29, 1.82) is 0 Å². The Kier molecular flexibility index (Phi) is 4.83. The zero-order valence-corrected chi connectivity index (χ0v) is 13.8. The lowest BCUT2D eigenvalue weighted by Crippen LogP contribution is -2.23. The molecule has 22 heavy (non-hydrogen) atoms. The highest BCUT2D eigenvalue weighted by molar-refractivity contribution is 6.36. The first kappa shape index (κ1) is 16.5. The van der Waals surface area contributed by atoms with Crippen molar-refractivity contribution in [3.63, 3.8) is 0 Å². The van der Waals surface area contributed by atoms with Crippen molar-refractivity contribution in [2.24, 2.45) is 7.05 Å². The third kappa shape index (κ3) is 3.13. The van der Waals surface area contributed by atoms with E-state index in [9.17, 15) is 9.90 Å². The number of aromatic nitrogens is 2. The minimum atomic E-state index is -0.282. The van der Waals surface area contributed by atoms with E-state index in [0.717, 1.165) is 0 Å². The summed E-state index contributed by atoms with van der Waals surface area (Å²) < 4.78 is 7.12. The number of carbonyl (C=O) groups excluding carboxylic acids is 1. The number of carbonyl (C=O) groups is 1. The number of hydrogen-bond donors (Lipinski definition) is 2. The number of nitrogens with zero attached hydrogens (tertiary/aromatic N) is 2. The molecule has 118 valence electrons. The zero-order valence-electron chi connectivity index (χ0n) is 12.3. The maximum absolute atomic E-state index is 11.9. The maximum Gasteiger partial charge on any atom is 0.272 e. The van der Waals surface area contributed by atoms with Gasteiger partial charge in [-0.2, -0.15) is 5.10 Å². The number of halogens is 2. The van der Waals surface area contributed by atoms with Crippen LogP contribution >= 0.6 is 23.2 Å². The van der Waals surface area contributed by atoms with Crippen LogP contribution in [0.2, 0.25) is 10.0 Å². The van der Waals surface area contributed by atoms with Gasteiger partial charge in [0.1, 0.15) is 5.75 Å². The number of benzene rings is 1. The number of ether oxygens (including phenoxy) is 1. The summed E-state index contributed by atoms with van der Waals surface area (Å²) in [5.74, 6) is 0.141. The van der Waals surface area contributed by atoms with Gasteiger partial charge in [-0.1, -0.05) is 23.2 Å². The number of rotatable bonds is 4. The molecule has 6 nitrogen and oxygen atoms in total. The Morgan fingerprint density at radius 1 is 1.41 bits per heavy atom. The Bertz CT molecular complexity index is 729. The lowest BCUT2D eigenvalue weighted by Gasteiger charge is -2.09. The molecule has 1 aromatic heterocycles. The number of aryl methyl sites for hydroxylation is 1. The van der Waals surface area contributed by atoms with E-state index in [2.05, 4.69) is 10.4 Å². The van der Waals surface area contributed by atoms with Crippen LogP contribution in [0, 0.1) is 6.92 Å². The molecule has 1 amide bonds. The van der Waals surface area contributed by atoms with Crippen LogP contribution in [0.4, 0.5) is 0 Å². The lowest BCUT2D eigenvalue weighted by molar-refractivity contribution is 0.0949. The van der Waals surface area contributed by atoms with E-state index in [1.165, 1.54) is 16.8 Å². The second-order valence-electron chi connectivity index (χ2n) is 4.60. The predicted molar refractivity (Wildman–Crippen MR) is 84.2 cm³/mol. The number of amides is 1. The molecule has 0 fully saturated rings. The van der Waals surface area contributed by atoms with Crippen LogP contribution in [-0.2, 0) is 7.05 Å². The number of phenols is 1. The van der Waals surface area contributed by atoms with Gasteiger partial charge >= 0.3 is 0 Å². The maximum atomic E-state index is 11.9. The van der Waals surface area contributed by atoms with Gasteiger partial charge in [0.05, 0.1) is 10.0 Å². The van der Waals surface area contributed by atoms with Crippen LogP contribution < -0.4 is 10.1 Å². The summed E-state index contributed by atoms with van der Waals surface area (Å²) >= 11 is 11.8. The Labute approximate surface area is 137 Å². The predicted octanol–water partition coefficient (Wildman–Crippen LogP) is 3.28. The molecule has 0 aliphatic carbocycles. The number of nitrogens with one attached hydrogen (secondary N) is 1. The third-order valence-corrected chi connectivity index (χ3v) is 3.58. The van der Waals surface area contributed by atoms with Crippen molar-refractivity contribution in [1.82, 2.24) is 15.1 Å². The van der Waals surface area contributed by atoms with Gasteiger partial charge < -0.3 is 15.2 Å². The molecule has 0 saturated heterocycles. The van der Waals surface area contributed by atoms with E-state index < -0.39 is 0 Å². The third-order valence-electron chi connectivity index (χ3n) is 2.98. The van der Waals surface area contributed by atoms with Crippen molar-refractivity contribution in [3.8, 4) is 17.4 Å². The largest absolute Gasteiger partial charge is 0.506 e. The smallest absolute Gasteiger partial charge is 0.272 e. The number of phenolic OH excluding ortho intramolecular Hbond substituents is 1. The first-order valence-electron chi connectivity index (χ1n) is 6.52. The summed E-state index contributed by atoms with van der Waals surface area (Å²) in [6.45, 7) is 4.04. The molecule has 1 aromatic carbocycles. The van der Waals surface area contributed by atoms with Gasteiger partial charge in [-0.3, -0.25) is 4.79 Å². The molecule has 1 heterocycles. The molecular formula is C14H15Cl2N3O3. The van der Waals surface area contributed by atoms with E-state index in [1.807, 2.05) is 6.92 Å². The molecule has 0 aliphatic rings. The average molecular weight is 344 g/mol. The summed E-state index contributed by atoms with van der Waals surface area (Å²) in [5, 5.41) is 16.8. The standard InChI is InChI=1S/C14H15Cl2N3O3/c1-4-17-13(21)12-7(2)14(19(3)18-12)22-11-6-10(20)8(15)5-9(11)16/h5-6,20H,4H2,1-3H3,(H,17,21). The second-order valence-corrected chi connectivity index (χ2v) is 5.41. The van der Waals surface area contributed by atoms with Gasteiger partial charge in [0.15, 0.2) is 11.4 Å². The van der Waals surface area contributed by atoms with Gasteiger partial charge in [0.2, 0.25) is 5.88 Å². The second kappa shape index (κ2) is 6.46. The summed E-state index contributed by atoms with van der Waals surface area (Å²) in [7, 11) is 1.65. The molecule has 2 aromatic rings. The van der Waals surface area contributed by atoms with E-state index in [1.54, 1.807) is 14.0 Å². The van der Waals surface area contributed by atoms with Gasteiger partial charge in [-0.15, -0.1) is 0 Å². The van der Waals surface area contributed by atoms with Crippen LogP contribution in [-0.4, -0.2) is 27.3 Å². The van der Waals surface area contributed by atoms with E-state index >= 15 is 0 Å². The molecule has 0 spiro atoms. The summed E-state index contributed by atoms with van der Waals surface area (Å²) in [6.07, 6.45) is 0. The Morgan fingerprint density at radius 2 is 2.09 bits per heavy atom. The van der Waals surface area contributed by atoms with Crippen molar-refractivity contribution < 1.29 is 14.6 Å². The highest BCUT2D eigenvalue weighted by atomic mass is 35.5. The van der Waals surface area contributed by atoms with Gasteiger partial charge in [-0.25, -0.2) is 4.68 Å². The van der Waals surface area contributed by atoms with E-state index in [-0.39, 0.29) is 33.1 Å². The van der Waals surface area contributed by atoms with Gasteiger partial charge in [-0.05, 0) is 19.9 Å².